The minimum Gasteiger partial charge on any atom is -0.466 e. The van der Waals surface area contributed by atoms with Crippen LogP contribution in [0.5, 0.6) is 0 Å². The largest absolute Gasteiger partial charge is 0.466 e. The highest BCUT2D eigenvalue weighted by Crippen LogP contribution is 2.14. The Balaban J connectivity index is 3.15. The Labute approximate surface area is 196 Å². The molecule has 0 bridgehead atoms. The van der Waals surface area contributed by atoms with Gasteiger partial charge in [0.25, 0.3) is 0 Å². The highest BCUT2D eigenvalue weighted by Gasteiger charge is 2.02. The normalized spacial score (nSPS) is 11.4. The summed E-state index contributed by atoms with van der Waals surface area (Å²) in [6, 6.07) is 0. The fourth-order valence-electron chi connectivity index (χ4n) is 4.26. The van der Waals surface area contributed by atoms with Crippen molar-refractivity contribution in [2.75, 3.05) is 6.61 Å². The summed E-state index contributed by atoms with van der Waals surface area (Å²) in [5.41, 5.74) is 0. The molecule has 0 rings (SSSR count). The third-order valence-corrected chi connectivity index (χ3v) is 6.42. The predicted molar refractivity (Wildman–Crippen MR) is 138 cm³/mol. The van der Waals surface area contributed by atoms with E-state index < -0.39 is 0 Å². The second-order valence-corrected chi connectivity index (χ2v) is 10.2. The minimum absolute atomic E-state index is 0.0217. The van der Waals surface area contributed by atoms with Gasteiger partial charge in [0.2, 0.25) is 0 Å². The summed E-state index contributed by atoms with van der Waals surface area (Å²) in [6.07, 6.45) is 29.9. The van der Waals surface area contributed by atoms with E-state index in [4.69, 9.17) is 4.74 Å². The van der Waals surface area contributed by atoms with Crippen molar-refractivity contribution in [3.63, 3.8) is 0 Å². The van der Waals surface area contributed by atoms with Gasteiger partial charge >= 0.3 is 5.97 Å². The molecule has 0 aromatic carbocycles. The van der Waals surface area contributed by atoms with E-state index in [1.54, 1.807) is 0 Å². The van der Waals surface area contributed by atoms with Gasteiger partial charge < -0.3 is 4.74 Å². The molecular formula is C29H58O2. The summed E-state index contributed by atoms with van der Waals surface area (Å²) >= 11 is 0. The van der Waals surface area contributed by atoms with Gasteiger partial charge in [0.05, 0.1) is 6.61 Å². The topological polar surface area (TPSA) is 26.3 Å². The Hall–Kier alpha value is -0.530. The highest BCUT2D eigenvalue weighted by atomic mass is 16.5. The van der Waals surface area contributed by atoms with Gasteiger partial charge in [-0.1, -0.05) is 149 Å². The van der Waals surface area contributed by atoms with E-state index in [2.05, 4.69) is 20.8 Å². The third-order valence-electron chi connectivity index (χ3n) is 6.42. The first-order valence-corrected chi connectivity index (χ1v) is 14.3. The zero-order chi connectivity index (χ0) is 22.8. The number of unbranched alkanes of at least 4 members (excludes halogenated alkanes) is 19. The Bertz CT molecular complexity index is 351. The van der Waals surface area contributed by atoms with E-state index in [9.17, 15) is 4.79 Å². The zero-order valence-corrected chi connectivity index (χ0v) is 21.9. The molecule has 31 heavy (non-hydrogen) atoms. The fourth-order valence-corrected chi connectivity index (χ4v) is 4.26. The molecule has 0 saturated carbocycles. The van der Waals surface area contributed by atoms with Crippen LogP contribution in [0.2, 0.25) is 0 Å². The van der Waals surface area contributed by atoms with Gasteiger partial charge in [-0.2, -0.15) is 0 Å². The van der Waals surface area contributed by atoms with Crippen molar-refractivity contribution >= 4 is 5.97 Å². The molecular weight excluding hydrogens is 380 g/mol. The number of ether oxygens (including phenoxy) is 1. The van der Waals surface area contributed by atoms with E-state index >= 15 is 0 Å². The average Bonchev–Trinajstić information content (AvgIpc) is 2.75. The second-order valence-electron chi connectivity index (χ2n) is 10.2. The van der Waals surface area contributed by atoms with Gasteiger partial charge in [-0.3, -0.25) is 4.79 Å². The molecule has 0 aliphatic heterocycles. The molecule has 0 saturated heterocycles. The third kappa shape index (κ3) is 27.4. The van der Waals surface area contributed by atoms with E-state index in [0.29, 0.717) is 13.0 Å². The standard InChI is InChI=1S/C29H58O2/c1-4-5-6-7-8-9-10-14-17-20-23-26-29(30)31-27-24-21-18-15-12-11-13-16-19-22-25-28(2)3/h28H,4-27H2,1-3H3. The smallest absolute Gasteiger partial charge is 0.305 e. The Morgan fingerprint density at radius 2 is 0.935 bits per heavy atom. The van der Waals surface area contributed by atoms with E-state index in [-0.39, 0.29) is 5.97 Å². The van der Waals surface area contributed by atoms with E-state index in [1.165, 1.54) is 128 Å². The summed E-state index contributed by atoms with van der Waals surface area (Å²) < 4.78 is 5.39. The molecule has 0 spiro atoms. The fraction of sp³-hybridized carbons (Fsp3) is 0.966. The second kappa shape index (κ2) is 25.7. The highest BCUT2D eigenvalue weighted by molar-refractivity contribution is 5.69. The molecule has 2 heteroatoms. The van der Waals surface area contributed by atoms with Crippen molar-refractivity contribution in [3.8, 4) is 0 Å². The van der Waals surface area contributed by atoms with Crippen LogP contribution in [0.4, 0.5) is 0 Å². The van der Waals surface area contributed by atoms with Gasteiger partial charge in [0, 0.05) is 6.42 Å². The van der Waals surface area contributed by atoms with Crippen LogP contribution >= 0.6 is 0 Å². The van der Waals surface area contributed by atoms with Crippen molar-refractivity contribution in [2.24, 2.45) is 5.92 Å². The van der Waals surface area contributed by atoms with Gasteiger partial charge in [-0.25, -0.2) is 0 Å². The molecule has 0 atom stereocenters. The monoisotopic (exact) mass is 438 g/mol. The van der Waals surface area contributed by atoms with Crippen LogP contribution in [0.1, 0.15) is 168 Å². The van der Waals surface area contributed by atoms with Crippen LogP contribution in [0.15, 0.2) is 0 Å². The van der Waals surface area contributed by atoms with Crippen molar-refractivity contribution in [2.45, 2.75) is 168 Å². The lowest BCUT2D eigenvalue weighted by molar-refractivity contribution is -0.143. The lowest BCUT2D eigenvalue weighted by Crippen LogP contribution is -2.05. The average molecular weight is 439 g/mol. The number of hydrogen-bond donors (Lipinski definition) is 0. The van der Waals surface area contributed by atoms with Crippen LogP contribution in [-0.2, 0) is 9.53 Å². The number of esters is 1. The molecule has 0 aromatic rings. The van der Waals surface area contributed by atoms with E-state index in [0.717, 1.165) is 18.8 Å². The maximum Gasteiger partial charge on any atom is 0.305 e. The first-order valence-electron chi connectivity index (χ1n) is 14.3. The molecule has 0 aromatic heterocycles. The number of rotatable bonds is 25. The van der Waals surface area contributed by atoms with Crippen LogP contribution < -0.4 is 0 Å². The first-order chi connectivity index (χ1) is 15.2. The number of carbonyl (C=O) groups is 1. The molecule has 0 aliphatic carbocycles. The molecule has 186 valence electrons. The SMILES string of the molecule is CCCCCCCCCCCCCC(=O)OCCCCCCCCCCCCC(C)C. The summed E-state index contributed by atoms with van der Waals surface area (Å²) in [6.45, 7) is 7.54. The molecule has 0 aliphatic rings. The molecule has 0 radical (unpaired) electrons. The Morgan fingerprint density at radius 3 is 1.39 bits per heavy atom. The Kier molecular flexibility index (Phi) is 25.3. The maximum absolute atomic E-state index is 11.8. The molecule has 0 fully saturated rings. The molecule has 0 unspecified atom stereocenters. The van der Waals surface area contributed by atoms with Crippen LogP contribution in [0.25, 0.3) is 0 Å². The zero-order valence-electron chi connectivity index (χ0n) is 21.9. The molecule has 0 N–H and O–H groups in total. The predicted octanol–water partition coefficient (Wildman–Crippen LogP) is 10.2. The molecule has 0 heterocycles. The van der Waals surface area contributed by atoms with Gasteiger partial charge in [0.15, 0.2) is 0 Å². The van der Waals surface area contributed by atoms with Crippen molar-refractivity contribution in [1.82, 2.24) is 0 Å². The summed E-state index contributed by atoms with van der Waals surface area (Å²) in [4.78, 5) is 11.8. The lowest BCUT2D eigenvalue weighted by Gasteiger charge is -2.06. The summed E-state index contributed by atoms with van der Waals surface area (Å²) in [7, 11) is 0. The number of hydrogen-bond acceptors (Lipinski definition) is 2. The van der Waals surface area contributed by atoms with Crippen molar-refractivity contribution in [1.29, 1.82) is 0 Å². The number of carbonyl (C=O) groups excluding carboxylic acids is 1. The quantitative estimate of drug-likeness (QED) is 0.105. The van der Waals surface area contributed by atoms with Gasteiger partial charge in [-0.05, 0) is 18.8 Å². The lowest BCUT2D eigenvalue weighted by atomic mass is 10.0. The minimum atomic E-state index is 0.0217. The van der Waals surface area contributed by atoms with Crippen LogP contribution in [-0.4, -0.2) is 12.6 Å². The van der Waals surface area contributed by atoms with Gasteiger partial charge in [0.1, 0.15) is 0 Å². The summed E-state index contributed by atoms with van der Waals surface area (Å²) in [5, 5.41) is 0. The van der Waals surface area contributed by atoms with Crippen LogP contribution in [0.3, 0.4) is 0 Å². The maximum atomic E-state index is 11.8. The van der Waals surface area contributed by atoms with E-state index in [1.807, 2.05) is 0 Å². The van der Waals surface area contributed by atoms with Gasteiger partial charge in [-0.15, -0.1) is 0 Å². The van der Waals surface area contributed by atoms with Crippen LogP contribution in [0, 0.1) is 5.92 Å². The first kappa shape index (κ1) is 30.5. The Morgan fingerprint density at radius 1 is 0.548 bits per heavy atom. The molecule has 0 amide bonds. The summed E-state index contributed by atoms with van der Waals surface area (Å²) in [5.74, 6) is 0.886. The van der Waals surface area contributed by atoms with Crippen molar-refractivity contribution in [3.05, 3.63) is 0 Å². The van der Waals surface area contributed by atoms with Crippen molar-refractivity contribution < 1.29 is 9.53 Å². The molecule has 2 nitrogen and oxygen atoms in total.